The van der Waals surface area contributed by atoms with Crippen molar-refractivity contribution in [3.8, 4) is 0 Å². The minimum Gasteiger partial charge on any atom is -0.396 e. The highest BCUT2D eigenvalue weighted by Crippen LogP contribution is 2.45. The van der Waals surface area contributed by atoms with Crippen molar-refractivity contribution < 1.29 is 15.3 Å². The normalized spacial score (nSPS) is 16.1. The second-order valence-corrected chi connectivity index (χ2v) is 4.56. The van der Waals surface area contributed by atoms with Crippen LogP contribution in [0.5, 0.6) is 0 Å². The summed E-state index contributed by atoms with van der Waals surface area (Å²) in [5, 5.41) is 28.2. The van der Waals surface area contributed by atoms with E-state index in [1.807, 2.05) is 6.92 Å². The third-order valence-corrected chi connectivity index (χ3v) is 3.58. The molecular formula is C12H24O3. The van der Waals surface area contributed by atoms with Gasteiger partial charge in [-0.1, -0.05) is 26.3 Å². The van der Waals surface area contributed by atoms with Crippen molar-refractivity contribution in [1.82, 2.24) is 0 Å². The quantitative estimate of drug-likeness (QED) is 0.536. The number of aliphatic hydroxyl groups excluding tert-OH is 3. The zero-order valence-corrected chi connectivity index (χ0v) is 9.87. The third-order valence-electron chi connectivity index (χ3n) is 3.58. The molecule has 0 fully saturated rings. The number of aliphatic hydroxyl groups is 3. The Morgan fingerprint density at radius 1 is 1.13 bits per heavy atom. The molecule has 3 N–H and O–H groups in total. The topological polar surface area (TPSA) is 60.7 Å². The molecule has 0 amide bonds. The second kappa shape index (κ2) is 6.26. The Labute approximate surface area is 92.4 Å². The van der Waals surface area contributed by atoms with Crippen molar-refractivity contribution in [3.63, 3.8) is 0 Å². The Bertz CT molecular complexity index is 179. The van der Waals surface area contributed by atoms with E-state index in [9.17, 15) is 15.3 Å². The highest BCUT2D eigenvalue weighted by Gasteiger charge is 2.45. The molecule has 0 aromatic carbocycles. The predicted octanol–water partition coefficient (Wildman–Crippen LogP) is 1.33. The monoisotopic (exact) mass is 216 g/mol. The molecule has 0 heterocycles. The molecule has 90 valence electrons. The first-order chi connectivity index (χ1) is 7.05. The fourth-order valence-corrected chi connectivity index (χ4v) is 2.18. The molecule has 0 saturated carbocycles. The maximum atomic E-state index is 9.41. The number of hydrogen-bond acceptors (Lipinski definition) is 3. The average Bonchev–Trinajstić information content (AvgIpc) is 2.21. The van der Waals surface area contributed by atoms with Gasteiger partial charge in [-0.05, 0) is 18.3 Å². The highest BCUT2D eigenvalue weighted by atomic mass is 16.3. The van der Waals surface area contributed by atoms with Crippen LogP contribution in [0.3, 0.4) is 0 Å². The SMILES string of the molecule is C=CCC(C)(CCC)C(CO)(CO)CO. The molecule has 0 aliphatic heterocycles. The van der Waals surface area contributed by atoms with Crippen LogP contribution in [0.4, 0.5) is 0 Å². The van der Waals surface area contributed by atoms with Crippen LogP contribution >= 0.6 is 0 Å². The maximum Gasteiger partial charge on any atom is 0.0536 e. The van der Waals surface area contributed by atoms with Crippen LogP contribution in [0.2, 0.25) is 0 Å². The Balaban J connectivity index is 5.05. The van der Waals surface area contributed by atoms with Crippen molar-refractivity contribution in [3.05, 3.63) is 12.7 Å². The first-order valence-electron chi connectivity index (χ1n) is 5.49. The van der Waals surface area contributed by atoms with Gasteiger partial charge in [-0.15, -0.1) is 6.58 Å². The largest absolute Gasteiger partial charge is 0.396 e. The molecule has 0 saturated heterocycles. The molecule has 0 aliphatic carbocycles. The van der Waals surface area contributed by atoms with Gasteiger partial charge in [-0.3, -0.25) is 0 Å². The Kier molecular flexibility index (Phi) is 6.10. The first kappa shape index (κ1) is 14.6. The van der Waals surface area contributed by atoms with Crippen LogP contribution in [0.25, 0.3) is 0 Å². The summed E-state index contributed by atoms with van der Waals surface area (Å²) in [6.45, 7) is 7.13. The van der Waals surface area contributed by atoms with E-state index in [1.54, 1.807) is 6.08 Å². The molecule has 1 unspecified atom stereocenters. The van der Waals surface area contributed by atoms with Crippen LogP contribution < -0.4 is 0 Å². The van der Waals surface area contributed by atoms with Gasteiger partial charge in [0.2, 0.25) is 0 Å². The van der Waals surface area contributed by atoms with E-state index in [1.165, 1.54) is 0 Å². The molecule has 0 bridgehead atoms. The molecular weight excluding hydrogens is 192 g/mol. The molecule has 0 rings (SSSR count). The Morgan fingerprint density at radius 3 is 1.87 bits per heavy atom. The van der Waals surface area contributed by atoms with Gasteiger partial charge in [-0.2, -0.15) is 0 Å². The summed E-state index contributed by atoms with van der Waals surface area (Å²) >= 11 is 0. The van der Waals surface area contributed by atoms with Gasteiger partial charge in [0.05, 0.1) is 19.8 Å². The van der Waals surface area contributed by atoms with Crippen molar-refractivity contribution in [2.75, 3.05) is 19.8 Å². The van der Waals surface area contributed by atoms with Crippen LogP contribution in [-0.2, 0) is 0 Å². The van der Waals surface area contributed by atoms with E-state index in [4.69, 9.17) is 0 Å². The van der Waals surface area contributed by atoms with Gasteiger partial charge in [0, 0.05) is 5.41 Å². The van der Waals surface area contributed by atoms with Gasteiger partial charge in [0.1, 0.15) is 0 Å². The number of rotatable bonds is 8. The van der Waals surface area contributed by atoms with Crippen molar-refractivity contribution in [2.24, 2.45) is 10.8 Å². The Morgan fingerprint density at radius 2 is 1.60 bits per heavy atom. The fourth-order valence-electron chi connectivity index (χ4n) is 2.18. The molecule has 15 heavy (non-hydrogen) atoms. The van der Waals surface area contributed by atoms with E-state index in [0.29, 0.717) is 6.42 Å². The lowest BCUT2D eigenvalue weighted by Gasteiger charge is -2.45. The summed E-state index contributed by atoms with van der Waals surface area (Å²) in [6.07, 6.45) is 4.26. The second-order valence-electron chi connectivity index (χ2n) is 4.56. The molecule has 0 aromatic rings. The third kappa shape index (κ3) is 2.80. The van der Waals surface area contributed by atoms with Gasteiger partial charge in [0.25, 0.3) is 0 Å². The summed E-state index contributed by atoms with van der Waals surface area (Å²) in [4.78, 5) is 0. The minimum absolute atomic E-state index is 0.204. The van der Waals surface area contributed by atoms with Crippen LogP contribution in [0.1, 0.15) is 33.1 Å². The number of hydrogen-bond donors (Lipinski definition) is 3. The molecule has 0 aliphatic rings. The summed E-state index contributed by atoms with van der Waals surface area (Å²) in [5.41, 5.74) is -1.13. The maximum absolute atomic E-state index is 9.41. The summed E-state index contributed by atoms with van der Waals surface area (Å²) in [6, 6.07) is 0. The van der Waals surface area contributed by atoms with Crippen molar-refractivity contribution >= 4 is 0 Å². The predicted molar refractivity (Wildman–Crippen MR) is 61.5 cm³/mol. The van der Waals surface area contributed by atoms with Crippen LogP contribution in [0.15, 0.2) is 12.7 Å². The first-order valence-corrected chi connectivity index (χ1v) is 5.49. The van der Waals surface area contributed by atoms with E-state index in [-0.39, 0.29) is 25.2 Å². The zero-order chi connectivity index (χ0) is 11.9. The molecule has 0 spiro atoms. The van der Waals surface area contributed by atoms with Gasteiger partial charge >= 0.3 is 0 Å². The molecule has 3 nitrogen and oxygen atoms in total. The molecule has 0 aromatic heterocycles. The lowest BCUT2D eigenvalue weighted by Crippen LogP contribution is -2.48. The smallest absolute Gasteiger partial charge is 0.0536 e. The minimum atomic E-state index is -0.822. The van der Waals surface area contributed by atoms with Gasteiger partial charge in [0.15, 0.2) is 0 Å². The fraction of sp³-hybridized carbons (Fsp3) is 0.833. The molecule has 0 radical (unpaired) electrons. The molecule has 3 heteroatoms. The van der Waals surface area contributed by atoms with E-state index in [0.717, 1.165) is 12.8 Å². The van der Waals surface area contributed by atoms with Crippen molar-refractivity contribution in [2.45, 2.75) is 33.1 Å². The van der Waals surface area contributed by atoms with Crippen LogP contribution in [0, 0.1) is 10.8 Å². The number of allylic oxidation sites excluding steroid dienone is 1. The highest BCUT2D eigenvalue weighted by molar-refractivity contribution is 4.98. The van der Waals surface area contributed by atoms with E-state index >= 15 is 0 Å². The average molecular weight is 216 g/mol. The van der Waals surface area contributed by atoms with Gasteiger partial charge in [-0.25, -0.2) is 0 Å². The summed E-state index contributed by atoms with van der Waals surface area (Å²) < 4.78 is 0. The van der Waals surface area contributed by atoms with Gasteiger partial charge < -0.3 is 15.3 Å². The summed E-state index contributed by atoms with van der Waals surface area (Å²) in [5.74, 6) is 0. The standard InChI is InChI=1S/C12H24O3/c1-4-6-11(3,7-5-2)12(8-13,9-14)10-15/h4,13-15H,1,5-10H2,2-3H3. The summed E-state index contributed by atoms with van der Waals surface area (Å²) in [7, 11) is 0. The van der Waals surface area contributed by atoms with Crippen LogP contribution in [-0.4, -0.2) is 35.1 Å². The van der Waals surface area contributed by atoms with E-state index < -0.39 is 5.41 Å². The lowest BCUT2D eigenvalue weighted by molar-refractivity contribution is -0.0889. The zero-order valence-electron chi connectivity index (χ0n) is 9.87. The lowest BCUT2D eigenvalue weighted by atomic mass is 9.61. The van der Waals surface area contributed by atoms with Crippen molar-refractivity contribution in [1.29, 1.82) is 0 Å². The Hall–Kier alpha value is -0.380. The molecule has 1 atom stereocenters. The van der Waals surface area contributed by atoms with E-state index in [2.05, 4.69) is 13.5 Å².